The van der Waals surface area contributed by atoms with E-state index < -0.39 is 0 Å². The highest BCUT2D eigenvalue weighted by molar-refractivity contribution is 9.10. The van der Waals surface area contributed by atoms with Crippen molar-refractivity contribution in [2.24, 2.45) is 0 Å². The predicted molar refractivity (Wildman–Crippen MR) is 87.4 cm³/mol. The molecule has 2 amide bonds. The van der Waals surface area contributed by atoms with Gasteiger partial charge in [-0.05, 0) is 30.2 Å². The number of anilines is 1. The minimum absolute atomic E-state index is 0.0576. The van der Waals surface area contributed by atoms with Crippen LogP contribution in [0.15, 0.2) is 22.7 Å². The van der Waals surface area contributed by atoms with E-state index in [0.29, 0.717) is 13.1 Å². The maximum Gasteiger partial charge on any atom is 0.223 e. The molecule has 21 heavy (non-hydrogen) atoms. The Morgan fingerprint density at radius 3 is 2.62 bits per heavy atom. The average molecular weight is 353 g/mol. The van der Waals surface area contributed by atoms with Crippen molar-refractivity contribution in [1.29, 1.82) is 0 Å². The molecule has 4 nitrogen and oxygen atoms in total. The Hall–Kier alpha value is -1.36. The first-order chi connectivity index (χ1) is 9.74. The van der Waals surface area contributed by atoms with Gasteiger partial charge in [0.2, 0.25) is 11.8 Å². The smallest absolute Gasteiger partial charge is 0.223 e. The molecule has 1 atom stereocenters. The Morgan fingerprint density at radius 2 is 2.05 bits per heavy atom. The number of rotatable bonds is 3. The maximum absolute atomic E-state index is 11.9. The zero-order valence-corrected chi connectivity index (χ0v) is 14.5. The summed E-state index contributed by atoms with van der Waals surface area (Å²) in [5.74, 6) is 0.122. The summed E-state index contributed by atoms with van der Waals surface area (Å²) in [6.07, 6.45) is 0.830. The van der Waals surface area contributed by atoms with Gasteiger partial charge in [0.05, 0.1) is 0 Å². The van der Waals surface area contributed by atoms with Crippen LogP contribution in [0.25, 0.3) is 0 Å². The number of hydrogen-bond acceptors (Lipinski definition) is 2. The monoisotopic (exact) mass is 352 g/mol. The molecule has 0 saturated heterocycles. The minimum atomic E-state index is -0.130. The lowest BCUT2D eigenvalue weighted by Crippen LogP contribution is -2.37. The van der Waals surface area contributed by atoms with Crippen molar-refractivity contribution in [2.75, 3.05) is 25.0 Å². The Bertz CT molecular complexity index is 588. The molecule has 1 unspecified atom stereocenters. The van der Waals surface area contributed by atoms with E-state index in [4.69, 9.17) is 0 Å². The van der Waals surface area contributed by atoms with E-state index >= 15 is 0 Å². The van der Waals surface area contributed by atoms with Crippen LogP contribution in [0, 0.1) is 0 Å². The third-order valence-corrected chi connectivity index (χ3v) is 4.82. The molecule has 1 aromatic carbocycles. The molecule has 0 saturated carbocycles. The van der Waals surface area contributed by atoms with Gasteiger partial charge in [0.25, 0.3) is 0 Å². The van der Waals surface area contributed by atoms with Crippen LogP contribution in [-0.2, 0) is 15.0 Å². The highest BCUT2D eigenvalue weighted by Crippen LogP contribution is 2.44. The fraction of sp³-hybridized carbons (Fsp3) is 0.500. The van der Waals surface area contributed by atoms with Crippen molar-refractivity contribution >= 4 is 33.4 Å². The van der Waals surface area contributed by atoms with Crippen LogP contribution in [0.3, 0.4) is 0 Å². The summed E-state index contributed by atoms with van der Waals surface area (Å²) in [7, 11) is 1.81. The molecule has 1 aliphatic heterocycles. The van der Waals surface area contributed by atoms with Gasteiger partial charge in [-0.3, -0.25) is 9.59 Å². The number of benzene rings is 1. The maximum atomic E-state index is 11.9. The molecule has 1 heterocycles. The molecule has 5 heteroatoms. The van der Waals surface area contributed by atoms with Crippen LogP contribution in [-0.4, -0.2) is 36.9 Å². The van der Waals surface area contributed by atoms with Gasteiger partial charge >= 0.3 is 0 Å². The largest absolute Gasteiger partial charge is 0.346 e. The lowest BCUT2D eigenvalue weighted by Gasteiger charge is -2.28. The van der Waals surface area contributed by atoms with Crippen molar-refractivity contribution in [3.8, 4) is 0 Å². The molecule has 1 aromatic rings. The summed E-state index contributed by atoms with van der Waals surface area (Å²) in [6.45, 7) is 6.68. The quantitative estimate of drug-likeness (QED) is 0.838. The molecular weight excluding hydrogens is 332 g/mol. The Morgan fingerprint density at radius 1 is 1.38 bits per heavy atom. The molecule has 0 bridgehead atoms. The van der Waals surface area contributed by atoms with Crippen LogP contribution in [0.2, 0.25) is 0 Å². The number of nitrogens with zero attached hydrogens (tertiary/aromatic N) is 2. The van der Waals surface area contributed by atoms with Crippen LogP contribution in [0.4, 0.5) is 5.69 Å². The van der Waals surface area contributed by atoms with Gasteiger partial charge in [-0.25, -0.2) is 0 Å². The molecule has 114 valence electrons. The van der Waals surface area contributed by atoms with E-state index in [-0.39, 0.29) is 17.2 Å². The van der Waals surface area contributed by atoms with Crippen LogP contribution >= 0.6 is 15.9 Å². The molecule has 2 rings (SSSR count). The van der Waals surface area contributed by atoms with Crippen molar-refractivity contribution in [1.82, 2.24) is 4.90 Å². The predicted octanol–water partition coefficient (Wildman–Crippen LogP) is 2.94. The summed E-state index contributed by atoms with van der Waals surface area (Å²) in [5.41, 5.74) is 2.02. The zero-order valence-electron chi connectivity index (χ0n) is 12.9. The first-order valence-corrected chi connectivity index (χ1v) is 7.84. The lowest BCUT2D eigenvalue weighted by atomic mass is 9.81. The van der Waals surface area contributed by atoms with Crippen LogP contribution < -0.4 is 4.90 Å². The summed E-state index contributed by atoms with van der Waals surface area (Å²) < 4.78 is 1.01. The molecule has 0 N–H and O–H groups in total. The molecule has 0 spiro atoms. The van der Waals surface area contributed by atoms with E-state index in [9.17, 15) is 9.59 Å². The molecular formula is C16H21BrN2O2. The topological polar surface area (TPSA) is 40.6 Å². The lowest BCUT2D eigenvalue weighted by molar-refractivity contribution is -0.127. The average Bonchev–Trinajstić information content (AvgIpc) is 2.70. The molecule has 0 aliphatic carbocycles. The number of hydrogen-bond donors (Lipinski definition) is 0. The van der Waals surface area contributed by atoms with Crippen LogP contribution in [0.5, 0.6) is 0 Å². The SMILES string of the molecule is CC(=O)N(C)CCC1(C)CN(C(C)=O)c2ccc(Br)cc21. The minimum Gasteiger partial charge on any atom is -0.346 e. The first kappa shape index (κ1) is 16.0. The van der Waals surface area contributed by atoms with Gasteiger partial charge in [0.1, 0.15) is 0 Å². The second kappa shape index (κ2) is 5.79. The van der Waals surface area contributed by atoms with Gasteiger partial charge < -0.3 is 9.80 Å². The van der Waals surface area contributed by atoms with E-state index in [1.807, 2.05) is 24.1 Å². The van der Waals surface area contributed by atoms with E-state index in [1.54, 1.807) is 18.7 Å². The Balaban J connectivity index is 2.31. The Kier molecular flexibility index (Phi) is 4.42. The van der Waals surface area contributed by atoms with E-state index in [1.165, 1.54) is 5.56 Å². The molecule has 0 fully saturated rings. The van der Waals surface area contributed by atoms with Gasteiger partial charge in [0.15, 0.2) is 0 Å². The van der Waals surface area contributed by atoms with Crippen molar-refractivity contribution in [2.45, 2.75) is 32.6 Å². The van der Waals surface area contributed by atoms with Crippen molar-refractivity contribution < 1.29 is 9.59 Å². The van der Waals surface area contributed by atoms with Gasteiger partial charge in [-0.1, -0.05) is 22.9 Å². The summed E-state index contributed by atoms with van der Waals surface area (Å²) in [5, 5.41) is 0. The standard InChI is InChI=1S/C16H21BrN2O2/c1-11(20)18(4)8-7-16(3)10-19(12(2)21)15-6-5-13(17)9-14(15)16/h5-6,9H,7-8,10H2,1-4H3. The van der Waals surface area contributed by atoms with Crippen molar-refractivity contribution in [3.05, 3.63) is 28.2 Å². The van der Waals surface area contributed by atoms with Gasteiger partial charge in [-0.15, -0.1) is 0 Å². The number of fused-ring (bicyclic) bond motifs is 1. The molecule has 1 aliphatic rings. The summed E-state index contributed by atoms with van der Waals surface area (Å²) in [6, 6.07) is 6.04. The fourth-order valence-corrected chi connectivity index (χ4v) is 3.17. The number of halogens is 1. The van der Waals surface area contributed by atoms with Crippen molar-refractivity contribution in [3.63, 3.8) is 0 Å². The van der Waals surface area contributed by atoms with Gasteiger partial charge in [0, 0.05) is 49.6 Å². The highest BCUT2D eigenvalue weighted by Gasteiger charge is 2.40. The second-order valence-corrected chi connectivity index (χ2v) is 6.93. The second-order valence-electron chi connectivity index (χ2n) is 6.02. The third-order valence-electron chi connectivity index (χ3n) is 4.32. The highest BCUT2D eigenvalue weighted by atomic mass is 79.9. The number of amides is 2. The van der Waals surface area contributed by atoms with Crippen LogP contribution in [0.1, 0.15) is 32.8 Å². The Labute approximate surface area is 134 Å². The third kappa shape index (κ3) is 3.12. The molecule has 0 radical (unpaired) electrons. The normalized spacial score (nSPS) is 20.3. The molecule has 0 aromatic heterocycles. The summed E-state index contributed by atoms with van der Waals surface area (Å²) in [4.78, 5) is 26.8. The van der Waals surface area contributed by atoms with E-state index in [2.05, 4.69) is 28.9 Å². The first-order valence-electron chi connectivity index (χ1n) is 7.04. The number of carbonyl (C=O) groups excluding carboxylic acids is 2. The van der Waals surface area contributed by atoms with E-state index in [0.717, 1.165) is 16.6 Å². The summed E-state index contributed by atoms with van der Waals surface area (Å²) >= 11 is 3.51. The fourth-order valence-electron chi connectivity index (χ4n) is 2.81. The number of carbonyl (C=O) groups is 2. The zero-order chi connectivity index (χ0) is 15.8. The van der Waals surface area contributed by atoms with Gasteiger partial charge in [-0.2, -0.15) is 0 Å².